The molecule has 0 amide bonds. The molecule has 1 aliphatic rings. The van der Waals surface area contributed by atoms with Crippen molar-refractivity contribution in [2.75, 3.05) is 13.7 Å². The summed E-state index contributed by atoms with van der Waals surface area (Å²) in [6.45, 7) is -0.228. The van der Waals surface area contributed by atoms with E-state index in [1.54, 1.807) is 0 Å². The van der Waals surface area contributed by atoms with Crippen molar-refractivity contribution in [2.24, 2.45) is 0 Å². The second kappa shape index (κ2) is 5.14. The molecule has 6 nitrogen and oxygen atoms in total. The Balaban J connectivity index is 2.23. The molecule has 17 heavy (non-hydrogen) atoms. The van der Waals surface area contributed by atoms with Crippen molar-refractivity contribution in [3.63, 3.8) is 0 Å². The fraction of sp³-hybridized carbons (Fsp3) is 0.600. The average Bonchev–Trinajstić information content (AvgIpc) is 2.70. The number of aliphatic hydroxyl groups excluding tert-OH is 2. The lowest BCUT2D eigenvalue weighted by Crippen LogP contribution is -2.24. The molecule has 0 unspecified atom stereocenters. The molecular formula is C10H13ClN2O4. The molecule has 2 heterocycles. The number of ether oxygens (including phenoxy) is 2. The van der Waals surface area contributed by atoms with Gasteiger partial charge in [0.2, 0.25) is 11.2 Å². The first-order valence-electron chi connectivity index (χ1n) is 5.16. The molecule has 0 spiro atoms. The van der Waals surface area contributed by atoms with Gasteiger partial charge < -0.3 is 19.7 Å². The van der Waals surface area contributed by atoms with Crippen molar-refractivity contribution in [2.45, 2.75) is 24.7 Å². The molecule has 0 bridgehead atoms. The monoisotopic (exact) mass is 260 g/mol. The van der Waals surface area contributed by atoms with Gasteiger partial charge >= 0.3 is 0 Å². The molecule has 1 saturated heterocycles. The van der Waals surface area contributed by atoms with Gasteiger partial charge in [-0.3, -0.25) is 0 Å². The summed E-state index contributed by atoms with van der Waals surface area (Å²) in [5.41, 5.74) is 0.618. The van der Waals surface area contributed by atoms with Crippen LogP contribution in [0.1, 0.15) is 18.1 Å². The van der Waals surface area contributed by atoms with Crippen LogP contribution in [-0.4, -0.2) is 46.1 Å². The number of hydrogen-bond donors (Lipinski definition) is 2. The van der Waals surface area contributed by atoms with Gasteiger partial charge in [-0.2, -0.15) is 4.98 Å². The number of aliphatic hydroxyl groups is 2. The third-order valence-electron chi connectivity index (χ3n) is 2.69. The first-order valence-corrected chi connectivity index (χ1v) is 5.54. The van der Waals surface area contributed by atoms with Crippen molar-refractivity contribution in [1.82, 2.24) is 9.97 Å². The molecule has 0 aromatic carbocycles. The Kier molecular flexibility index (Phi) is 3.78. The van der Waals surface area contributed by atoms with Gasteiger partial charge in [0.15, 0.2) is 0 Å². The molecule has 1 fully saturated rings. The number of aromatic nitrogens is 2. The fourth-order valence-electron chi connectivity index (χ4n) is 1.83. The van der Waals surface area contributed by atoms with E-state index in [1.807, 2.05) is 0 Å². The summed E-state index contributed by atoms with van der Waals surface area (Å²) >= 11 is 5.65. The van der Waals surface area contributed by atoms with Gasteiger partial charge in [-0.05, 0) is 11.6 Å². The zero-order valence-corrected chi connectivity index (χ0v) is 9.96. The Morgan fingerprint density at radius 2 is 2.41 bits per heavy atom. The van der Waals surface area contributed by atoms with Crippen molar-refractivity contribution in [1.29, 1.82) is 0 Å². The van der Waals surface area contributed by atoms with Gasteiger partial charge in [0.05, 0.1) is 31.5 Å². The van der Waals surface area contributed by atoms with Crippen LogP contribution in [0.2, 0.25) is 5.28 Å². The summed E-state index contributed by atoms with van der Waals surface area (Å²) in [6, 6.07) is 0. The van der Waals surface area contributed by atoms with Crippen LogP contribution in [0.4, 0.5) is 0 Å². The zero-order chi connectivity index (χ0) is 12.4. The SMILES string of the molecule is COc1nc(Cl)ncc1[C@H]1C[C@H](O)[C@@H](CO)O1. The lowest BCUT2D eigenvalue weighted by molar-refractivity contribution is -0.0232. The van der Waals surface area contributed by atoms with E-state index in [1.165, 1.54) is 13.3 Å². The van der Waals surface area contributed by atoms with Gasteiger partial charge in [-0.1, -0.05) is 0 Å². The number of rotatable bonds is 3. The second-order valence-electron chi connectivity index (χ2n) is 3.75. The summed E-state index contributed by atoms with van der Waals surface area (Å²) in [4.78, 5) is 7.78. The second-order valence-corrected chi connectivity index (χ2v) is 4.09. The van der Waals surface area contributed by atoms with Crippen LogP contribution in [0.25, 0.3) is 0 Å². The molecule has 1 aliphatic heterocycles. The van der Waals surface area contributed by atoms with E-state index < -0.39 is 18.3 Å². The number of hydrogen-bond acceptors (Lipinski definition) is 6. The molecule has 94 valence electrons. The lowest BCUT2D eigenvalue weighted by atomic mass is 10.1. The topological polar surface area (TPSA) is 84.7 Å². The Labute approximate surface area is 103 Å². The molecule has 0 radical (unpaired) electrons. The molecule has 0 saturated carbocycles. The average molecular weight is 261 g/mol. The van der Waals surface area contributed by atoms with Crippen LogP contribution < -0.4 is 4.74 Å². The fourth-order valence-corrected chi connectivity index (χ4v) is 1.96. The molecular weight excluding hydrogens is 248 g/mol. The van der Waals surface area contributed by atoms with E-state index in [9.17, 15) is 5.11 Å². The van der Waals surface area contributed by atoms with Crippen LogP contribution in [0.5, 0.6) is 5.88 Å². The minimum absolute atomic E-state index is 0.0860. The number of halogens is 1. The molecule has 3 atom stereocenters. The van der Waals surface area contributed by atoms with E-state index in [2.05, 4.69) is 9.97 Å². The summed E-state index contributed by atoms with van der Waals surface area (Å²) in [7, 11) is 1.47. The van der Waals surface area contributed by atoms with E-state index in [0.29, 0.717) is 17.9 Å². The quantitative estimate of drug-likeness (QED) is 0.762. The first kappa shape index (κ1) is 12.5. The number of methoxy groups -OCH3 is 1. The molecule has 1 aromatic rings. The predicted molar refractivity (Wildman–Crippen MR) is 58.9 cm³/mol. The number of nitrogens with zero attached hydrogens (tertiary/aromatic N) is 2. The van der Waals surface area contributed by atoms with Crippen molar-refractivity contribution < 1.29 is 19.7 Å². The molecule has 0 aliphatic carbocycles. The van der Waals surface area contributed by atoms with E-state index >= 15 is 0 Å². The Morgan fingerprint density at radius 3 is 3.00 bits per heavy atom. The predicted octanol–water partition coefficient (Wildman–Crippen LogP) is 0.322. The first-order chi connectivity index (χ1) is 8.15. The Morgan fingerprint density at radius 1 is 1.65 bits per heavy atom. The highest BCUT2D eigenvalue weighted by Gasteiger charge is 2.36. The summed E-state index contributed by atoms with van der Waals surface area (Å²) in [5, 5.41) is 18.7. The van der Waals surface area contributed by atoms with Crippen molar-refractivity contribution in [3.8, 4) is 5.88 Å². The molecule has 2 N–H and O–H groups in total. The van der Waals surface area contributed by atoms with Crippen molar-refractivity contribution in [3.05, 3.63) is 17.0 Å². The summed E-state index contributed by atoms with van der Waals surface area (Å²) < 4.78 is 10.6. The Bertz CT molecular complexity index is 404. The highest BCUT2D eigenvalue weighted by atomic mass is 35.5. The van der Waals surface area contributed by atoms with Gasteiger partial charge in [0, 0.05) is 12.6 Å². The largest absolute Gasteiger partial charge is 0.481 e. The van der Waals surface area contributed by atoms with Gasteiger partial charge in [-0.15, -0.1) is 0 Å². The normalized spacial score (nSPS) is 28.4. The smallest absolute Gasteiger partial charge is 0.225 e. The standard InChI is InChI=1S/C10H13ClN2O4/c1-16-9-5(3-12-10(11)13-9)7-2-6(15)8(4-14)17-7/h3,6-8,14-15H,2,4H2,1H3/t6-,7+,8+/m0/s1. The van der Waals surface area contributed by atoms with E-state index in [0.717, 1.165) is 0 Å². The van der Waals surface area contributed by atoms with Gasteiger partial charge in [-0.25, -0.2) is 4.98 Å². The van der Waals surface area contributed by atoms with Crippen LogP contribution in [0, 0.1) is 0 Å². The highest BCUT2D eigenvalue weighted by Crippen LogP contribution is 2.36. The van der Waals surface area contributed by atoms with Crippen molar-refractivity contribution >= 4 is 11.6 Å². The Hall–Kier alpha value is -0.950. The van der Waals surface area contributed by atoms with Gasteiger partial charge in [0.25, 0.3) is 0 Å². The summed E-state index contributed by atoms with van der Waals surface area (Å²) in [6.07, 6.45) is 0.192. The van der Waals surface area contributed by atoms with Crippen LogP contribution >= 0.6 is 11.6 Å². The van der Waals surface area contributed by atoms with E-state index in [4.69, 9.17) is 26.2 Å². The zero-order valence-electron chi connectivity index (χ0n) is 9.21. The highest BCUT2D eigenvalue weighted by molar-refractivity contribution is 6.28. The van der Waals surface area contributed by atoms with Gasteiger partial charge in [0.1, 0.15) is 6.10 Å². The minimum Gasteiger partial charge on any atom is -0.481 e. The minimum atomic E-state index is -0.703. The van der Waals surface area contributed by atoms with Crippen LogP contribution in [0.3, 0.4) is 0 Å². The molecule has 2 rings (SSSR count). The van der Waals surface area contributed by atoms with Crippen LogP contribution in [-0.2, 0) is 4.74 Å². The lowest BCUT2D eigenvalue weighted by Gasteiger charge is -2.14. The molecule has 7 heteroatoms. The maximum absolute atomic E-state index is 9.65. The summed E-state index contributed by atoms with van der Waals surface area (Å²) in [5.74, 6) is 0.320. The molecule has 1 aromatic heterocycles. The van der Waals surface area contributed by atoms with Crippen LogP contribution in [0.15, 0.2) is 6.20 Å². The maximum Gasteiger partial charge on any atom is 0.225 e. The maximum atomic E-state index is 9.65. The third-order valence-corrected chi connectivity index (χ3v) is 2.88. The van der Waals surface area contributed by atoms with E-state index in [-0.39, 0.29) is 11.9 Å². The third kappa shape index (κ3) is 2.50.